The molecule has 1 aliphatic heterocycles. The van der Waals surface area contributed by atoms with Crippen molar-refractivity contribution < 1.29 is 9.90 Å². The van der Waals surface area contributed by atoms with Crippen LogP contribution < -0.4 is 16.4 Å². The van der Waals surface area contributed by atoms with Crippen LogP contribution in [0.25, 0.3) is 10.2 Å². The summed E-state index contributed by atoms with van der Waals surface area (Å²) in [5.41, 5.74) is 13.4. The number of carbonyl (C=O) groups excluding carboxylic acids is 1. The van der Waals surface area contributed by atoms with Gasteiger partial charge in [-0.2, -0.15) is 0 Å². The number of primary amides is 1. The normalized spacial score (nSPS) is 18.2. The lowest BCUT2D eigenvalue weighted by Gasteiger charge is -2.35. The number of nitrogen functional groups attached to an aromatic ring is 1. The second-order valence-corrected chi connectivity index (χ2v) is 7.50. The maximum atomic E-state index is 11.2. The number of rotatable bonds is 6. The van der Waals surface area contributed by atoms with Gasteiger partial charge in [0.2, 0.25) is 5.91 Å². The smallest absolute Gasteiger partial charge is 0.222 e. The van der Waals surface area contributed by atoms with E-state index in [2.05, 4.69) is 9.88 Å². The molecule has 1 unspecified atom stereocenters. The molecule has 2 aromatic rings. The predicted octanol–water partition coefficient (Wildman–Crippen LogP) is 1.90. The first-order valence-electron chi connectivity index (χ1n) is 8.40. The van der Waals surface area contributed by atoms with Gasteiger partial charge < -0.3 is 21.5 Å². The number of hydrogen-bond acceptors (Lipinski definition) is 6. The zero-order valence-corrected chi connectivity index (χ0v) is 14.5. The van der Waals surface area contributed by atoms with Gasteiger partial charge >= 0.3 is 0 Å². The predicted molar refractivity (Wildman–Crippen MR) is 98.2 cm³/mol. The van der Waals surface area contributed by atoms with Gasteiger partial charge in [0.1, 0.15) is 4.83 Å². The van der Waals surface area contributed by atoms with Crippen molar-refractivity contribution >= 4 is 38.8 Å². The Kier molecular flexibility index (Phi) is 5.20. The van der Waals surface area contributed by atoms with E-state index in [0.717, 1.165) is 53.1 Å². The number of thiophene rings is 1. The molecule has 0 radical (unpaired) electrons. The number of aliphatic hydroxyl groups is 1. The number of piperidine rings is 1. The summed E-state index contributed by atoms with van der Waals surface area (Å²) < 4.78 is 0. The van der Waals surface area contributed by atoms with Gasteiger partial charge in [-0.15, -0.1) is 11.3 Å². The first-order chi connectivity index (χ1) is 11.6. The van der Waals surface area contributed by atoms with Gasteiger partial charge in [0.25, 0.3) is 0 Å². The van der Waals surface area contributed by atoms with Crippen LogP contribution in [0.1, 0.15) is 30.6 Å². The minimum atomic E-state index is -0.378. The number of hydrogen-bond donors (Lipinski definition) is 3. The van der Waals surface area contributed by atoms with Gasteiger partial charge in [0.05, 0.1) is 23.2 Å². The van der Waals surface area contributed by atoms with Crippen LogP contribution >= 0.6 is 11.3 Å². The second kappa shape index (κ2) is 7.36. The number of carbonyl (C=O) groups is 1. The lowest BCUT2D eigenvalue weighted by molar-refractivity contribution is -0.117. The van der Waals surface area contributed by atoms with Crippen molar-refractivity contribution in [3.05, 3.63) is 17.1 Å². The molecule has 0 bridgehead atoms. The van der Waals surface area contributed by atoms with Crippen LogP contribution in [0.4, 0.5) is 11.4 Å². The quantitative estimate of drug-likeness (QED) is 0.739. The summed E-state index contributed by atoms with van der Waals surface area (Å²) in [4.78, 5) is 19.7. The summed E-state index contributed by atoms with van der Waals surface area (Å²) in [5.74, 6) is 0.218. The van der Waals surface area contributed by atoms with Crippen LogP contribution in [-0.4, -0.2) is 35.7 Å². The monoisotopic (exact) mass is 348 g/mol. The molecule has 2 aromatic heterocycles. The van der Waals surface area contributed by atoms with E-state index in [0.29, 0.717) is 11.6 Å². The molecule has 7 heteroatoms. The molecule has 0 spiro atoms. The summed E-state index contributed by atoms with van der Waals surface area (Å²) >= 11 is 1.45. The van der Waals surface area contributed by atoms with E-state index in [4.69, 9.17) is 16.6 Å². The molecule has 3 rings (SSSR count). The Labute approximate surface area is 145 Å². The van der Waals surface area contributed by atoms with Crippen molar-refractivity contribution in [3.8, 4) is 0 Å². The van der Waals surface area contributed by atoms with Crippen molar-refractivity contribution in [2.45, 2.75) is 32.1 Å². The van der Waals surface area contributed by atoms with Crippen molar-refractivity contribution in [2.24, 2.45) is 11.7 Å². The highest BCUT2D eigenvalue weighted by molar-refractivity contribution is 7.19. The minimum absolute atomic E-state index is 0.158. The molecule has 0 saturated carbocycles. The molecule has 1 fully saturated rings. The van der Waals surface area contributed by atoms with E-state index < -0.39 is 0 Å². The van der Waals surface area contributed by atoms with Crippen LogP contribution in [0.5, 0.6) is 0 Å². The molecule has 1 saturated heterocycles. The molecular formula is C17H24N4O2S. The summed E-state index contributed by atoms with van der Waals surface area (Å²) in [6, 6.07) is 2.01. The fourth-order valence-electron chi connectivity index (χ4n) is 3.53. The molecular weight excluding hydrogens is 324 g/mol. The minimum Gasteiger partial charge on any atom is -0.397 e. The average molecular weight is 348 g/mol. The summed E-state index contributed by atoms with van der Waals surface area (Å²) in [6.07, 6.45) is 6.21. The van der Waals surface area contributed by atoms with E-state index >= 15 is 0 Å². The van der Waals surface area contributed by atoms with Crippen LogP contribution in [0.3, 0.4) is 0 Å². The molecule has 130 valence electrons. The number of nitrogens with zero attached hydrogens (tertiary/aromatic N) is 2. The summed E-state index contributed by atoms with van der Waals surface area (Å²) in [7, 11) is 0. The van der Waals surface area contributed by atoms with Gasteiger partial charge in [-0.25, -0.2) is 4.98 Å². The molecule has 3 heterocycles. The number of aromatic nitrogens is 1. The molecule has 1 amide bonds. The van der Waals surface area contributed by atoms with Crippen molar-refractivity contribution in [2.75, 3.05) is 30.3 Å². The molecule has 0 aromatic carbocycles. The Morgan fingerprint density at radius 2 is 2.33 bits per heavy atom. The Morgan fingerprint density at radius 3 is 3.08 bits per heavy atom. The Morgan fingerprint density at radius 1 is 1.50 bits per heavy atom. The first-order valence-corrected chi connectivity index (χ1v) is 9.21. The van der Waals surface area contributed by atoms with Gasteiger partial charge in [-0.1, -0.05) is 0 Å². The lowest BCUT2D eigenvalue weighted by Crippen LogP contribution is -2.35. The third kappa shape index (κ3) is 3.47. The van der Waals surface area contributed by atoms with Crippen molar-refractivity contribution in [1.29, 1.82) is 0 Å². The number of amides is 1. The molecule has 0 aliphatic carbocycles. The standard InChI is InChI=1S/C17H24N4O2S/c18-14(23)9-13-16(19)15-12(5-6-20-17(15)24-13)21-7-1-3-11(10-21)4-2-8-22/h5-6,11,22H,1-4,7-10,19H2,(H2,18,23). The number of pyridine rings is 1. The number of fused-ring (bicyclic) bond motifs is 1. The van der Waals surface area contributed by atoms with E-state index in [1.165, 1.54) is 17.8 Å². The Hall–Kier alpha value is -1.86. The molecule has 1 aliphatic rings. The SMILES string of the molecule is NC(=O)Cc1sc2nccc(N3CCCC(CCCO)C3)c2c1N. The van der Waals surface area contributed by atoms with E-state index in [-0.39, 0.29) is 18.9 Å². The number of anilines is 2. The second-order valence-electron chi connectivity index (χ2n) is 6.41. The van der Waals surface area contributed by atoms with Gasteiger partial charge in [-0.3, -0.25) is 4.79 Å². The number of aliphatic hydroxyl groups excluding tert-OH is 1. The summed E-state index contributed by atoms with van der Waals surface area (Å²) in [5, 5.41) is 10.0. The third-order valence-electron chi connectivity index (χ3n) is 4.65. The van der Waals surface area contributed by atoms with Crippen molar-refractivity contribution in [3.63, 3.8) is 0 Å². The van der Waals surface area contributed by atoms with Crippen molar-refractivity contribution in [1.82, 2.24) is 4.98 Å². The molecule has 24 heavy (non-hydrogen) atoms. The molecule has 6 nitrogen and oxygen atoms in total. The lowest BCUT2D eigenvalue weighted by atomic mass is 9.93. The molecule has 1 atom stereocenters. The van der Waals surface area contributed by atoms with E-state index in [9.17, 15) is 4.79 Å². The zero-order chi connectivity index (χ0) is 17.1. The molecule has 5 N–H and O–H groups in total. The highest BCUT2D eigenvalue weighted by Gasteiger charge is 2.23. The highest BCUT2D eigenvalue weighted by Crippen LogP contribution is 2.40. The van der Waals surface area contributed by atoms with Gasteiger partial charge in [-0.05, 0) is 37.7 Å². The largest absolute Gasteiger partial charge is 0.397 e. The van der Waals surface area contributed by atoms with Gasteiger partial charge in [0, 0.05) is 30.8 Å². The van der Waals surface area contributed by atoms with E-state index in [1.807, 2.05) is 6.07 Å². The topological polar surface area (TPSA) is 105 Å². The third-order valence-corrected chi connectivity index (χ3v) is 5.76. The zero-order valence-electron chi connectivity index (χ0n) is 13.7. The number of nitrogens with two attached hydrogens (primary N) is 2. The van der Waals surface area contributed by atoms with Crippen LogP contribution in [0, 0.1) is 5.92 Å². The average Bonchev–Trinajstić information content (AvgIpc) is 2.89. The first kappa shape index (κ1) is 17.0. The fraction of sp³-hybridized carbons (Fsp3) is 0.529. The van der Waals surface area contributed by atoms with E-state index in [1.54, 1.807) is 6.20 Å². The van der Waals surface area contributed by atoms with Crippen LogP contribution in [-0.2, 0) is 11.2 Å². The highest BCUT2D eigenvalue weighted by atomic mass is 32.1. The Balaban J connectivity index is 1.91. The fourth-order valence-corrected chi connectivity index (χ4v) is 4.62. The van der Waals surface area contributed by atoms with Crippen LogP contribution in [0.2, 0.25) is 0 Å². The maximum absolute atomic E-state index is 11.2. The summed E-state index contributed by atoms with van der Waals surface area (Å²) in [6.45, 7) is 2.22. The maximum Gasteiger partial charge on any atom is 0.222 e. The van der Waals surface area contributed by atoms with Gasteiger partial charge in [0.15, 0.2) is 0 Å². The van der Waals surface area contributed by atoms with Crippen LogP contribution in [0.15, 0.2) is 12.3 Å². The Bertz CT molecular complexity index is 731.